The Morgan fingerprint density at radius 1 is 1.00 bits per heavy atom. The molecule has 30 heavy (non-hydrogen) atoms. The van der Waals surface area contributed by atoms with Gasteiger partial charge in [-0.3, -0.25) is 19.3 Å². The van der Waals surface area contributed by atoms with Crippen molar-refractivity contribution in [2.45, 2.75) is 39.3 Å². The number of benzene rings is 2. The number of nitrogens with zero attached hydrogens (tertiary/aromatic N) is 1. The third kappa shape index (κ3) is 4.25. The number of amides is 3. The van der Waals surface area contributed by atoms with Gasteiger partial charge >= 0.3 is 5.97 Å². The fraction of sp³-hybridized carbons (Fsp3) is 0.304. The number of rotatable bonds is 7. The molecule has 156 valence electrons. The van der Waals surface area contributed by atoms with Crippen LogP contribution in [0.15, 0.2) is 48.5 Å². The van der Waals surface area contributed by atoms with Gasteiger partial charge in [0.25, 0.3) is 17.7 Å². The lowest BCUT2D eigenvalue weighted by Gasteiger charge is -2.21. The Kier molecular flexibility index (Phi) is 6.30. The van der Waals surface area contributed by atoms with Gasteiger partial charge in [0.15, 0.2) is 6.61 Å². The van der Waals surface area contributed by atoms with E-state index < -0.39 is 36.3 Å². The Balaban J connectivity index is 1.57. The summed E-state index contributed by atoms with van der Waals surface area (Å²) < 4.78 is 5.08. The van der Waals surface area contributed by atoms with Gasteiger partial charge in [0.2, 0.25) is 0 Å². The second-order valence-electron chi connectivity index (χ2n) is 7.25. The molecule has 2 aromatic rings. The van der Waals surface area contributed by atoms with E-state index in [1.54, 1.807) is 12.1 Å². The number of hydrogen-bond donors (Lipinski definition) is 1. The maximum Gasteiger partial charge on any atom is 0.329 e. The van der Waals surface area contributed by atoms with E-state index in [9.17, 15) is 19.2 Å². The molecule has 1 N–H and O–H groups in total. The second kappa shape index (κ2) is 8.90. The molecule has 2 aromatic carbocycles. The zero-order valence-corrected chi connectivity index (χ0v) is 17.2. The molecular formula is C23H24N2O5. The lowest BCUT2D eigenvalue weighted by molar-refractivity contribution is -0.152. The molecule has 0 aromatic heterocycles. The maximum absolute atomic E-state index is 12.5. The molecule has 0 aliphatic carbocycles. The van der Waals surface area contributed by atoms with E-state index in [1.807, 2.05) is 38.1 Å². The predicted octanol–water partition coefficient (Wildman–Crippen LogP) is 2.79. The van der Waals surface area contributed by atoms with Crippen LogP contribution in [0.4, 0.5) is 0 Å². The van der Waals surface area contributed by atoms with Gasteiger partial charge in [0.1, 0.15) is 6.04 Å². The van der Waals surface area contributed by atoms with Crippen molar-refractivity contribution < 1.29 is 23.9 Å². The molecular weight excluding hydrogens is 384 g/mol. The van der Waals surface area contributed by atoms with Gasteiger partial charge in [-0.15, -0.1) is 0 Å². The summed E-state index contributed by atoms with van der Waals surface area (Å²) in [6.45, 7) is 4.84. The number of hydrogen-bond acceptors (Lipinski definition) is 5. The summed E-state index contributed by atoms with van der Waals surface area (Å²) in [5.41, 5.74) is 2.59. The largest absolute Gasteiger partial charge is 0.454 e. The molecule has 7 nitrogen and oxygen atoms in total. The molecule has 0 fully saturated rings. The van der Waals surface area contributed by atoms with E-state index in [0.717, 1.165) is 16.0 Å². The normalized spacial score (nSPS) is 14.8. The van der Waals surface area contributed by atoms with E-state index in [4.69, 9.17) is 4.74 Å². The van der Waals surface area contributed by atoms with Gasteiger partial charge in [-0.2, -0.15) is 0 Å². The SMILES string of the molecule is CC[C@@H](NC(=O)COC(=O)[C@H](C)N1C(=O)c2ccccc2C1=O)c1ccc(C)cc1. The van der Waals surface area contributed by atoms with Crippen molar-refractivity contribution in [1.82, 2.24) is 10.2 Å². The summed E-state index contributed by atoms with van der Waals surface area (Å²) in [4.78, 5) is 50.5. The number of carbonyl (C=O) groups excluding carboxylic acids is 4. The van der Waals surface area contributed by atoms with Gasteiger partial charge in [-0.25, -0.2) is 4.79 Å². The first kappa shape index (κ1) is 21.2. The Labute approximate surface area is 175 Å². The first-order valence-electron chi connectivity index (χ1n) is 9.83. The molecule has 1 heterocycles. The van der Waals surface area contributed by atoms with Crippen molar-refractivity contribution in [1.29, 1.82) is 0 Å². The highest BCUT2D eigenvalue weighted by Gasteiger charge is 2.41. The van der Waals surface area contributed by atoms with Crippen molar-refractivity contribution in [2.75, 3.05) is 6.61 Å². The highest BCUT2D eigenvalue weighted by molar-refractivity contribution is 6.22. The number of nitrogens with one attached hydrogen (secondary N) is 1. The number of carbonyl (C=O) groups is 4. The zero-order chi connectivity index (χ0) is 21.8. The minimum absolute atomic E-state index is 0.203. The van der Waals surface area contributed by atoms with Crippen LogP contribution >= 0.6 is 0 Å². The fourth-order valence-electron chi connectivity index (χ4n) is 3.38. The molecule has 0 radical (unpaired) electrons. The third-order valence-corrected chi connectivity index (χ3v) is 5.12. The van der Waals surface area contributed by atoms with Crippen LogP contribution in [0.2, 0.25) is 0 Å². The van der Waals surface area contributed by atoms with Crippen LogP contribution in [0, 0.1) is 6.92 Å². The van der Waals surface area contributed by atoms with Crippen molar-refractivity contribution in [3.8, 4) is 0 Å². The molecule has 2 atom stereocenters. The highest BCUT2D eigenvalue weighted by atomic mass is 16.5. The molecule has 3 rings (SSSR count). The Morgan fingerprint density at radius 3 is 2.10 bits per heavy atom. The van der Waals surface area contributed by atoms with Crippen LogP contribution in [-0.2, 0) is 14.3 Å². The average molecular weight is 408 g/mol. The van der Waals surface area contributed by atoms with Crippen molar-refractivity contribution in [3.63, 3.8) is 0 Å². The van der Waals surface area contributed by atoms with Crippen LogP contribution < -0.4 is 5.32 Å². The summed E-state index contributed by atoms with van der Waals surface area (Å²) in [5.74, 6) is -2.36. The molecule has 1 aliphatic heterocycles. The van der Waals surface area contributed by atoms with E-state index in [1.165, 1.54) is 19.1 Å². The fourth-order valence-corrected chi connectivity index (χ4v) is 3.38. The first-order chi connectivity index (χ1) is 14.3. The van der Waals surface area contributed by atoms with Gasteiger partial charge in [-0.1, -0.05) is 48.9 Å². The van der Waals surface area contributed by atoms with Gasteiger partial charge in [0, 0.05) is 0 Å². The molecule has 1 aliphatic rings. The monoisotopic (exact) mass is 408 g/mol. The van der Waals surface area contributed by atoms with Crippen LogP contribution in [0.5, 0.6) is 0 Å². The molecule has 0 saturated carbocycles. The number of aryl methyl sites for hydroxylation is 1. The number of fused-ring (bicyclic) bond motifs is 1. The van der Waals surface area contributed by atoms with Crippen molar-refractivity contribution >= 4 is 23.7 Å². The Hall–Kier alpha value is -3.48. The van der Waals surface area contributed by atoms with E-state index >= 15 is 0 Å². The van der Waals surface area contributed by atoms with Crippen LogP contribution in [0.3, 0.4) is 0 Å². The summed E-state index contributed by atoms with van der Waals surface area (Å²) >= 11 is 0. The second-order valence-corrected chi connectivity index (χ2v) is 7.25. The minimum Gasteiger partial charge on any atom is -0.454 e. The summed E-state index contributed by atoms with van der Waals surface area (Å²) in [5, 5.41) is 2.83. The summed E-state index contributed by atoms with van der Waals surface area (Å²) in [7, 11) is 0. The van der Waals surface area contributed by atoms with Gasteiger partial charge in [-0.05, 0) is 38.0 Å². The maximum atomic E-state index is 12.5. The van der Waals surface area contributed by atoms with Crippen LogP contribution in [0.25, 0.3) is 0 Å². The van der Waals surface area contributed by atoms with Gasteiger partial charge < -0.3 is 10.1 Å². The molecule has 0 saturated heterocycles. The molecule has 0 spiro atoms. The molecule has 0 bridgehead atoms. The predicted molar refractivity (Wildman–Crippen MR) is 110 cm³/mol. The molecule has 3 amide bonds. The van der Waals surface area contributed by atoms with Crippen LogP contribution in [-0.4, -0.2) is 41.2 Å². The van der Waals surface area contributed by atoms with Crippen LogP contribution in [0.1, 0.15) is 58.2 Å². The number of esters is 1. The lowest BCUT2D eigenvalue weighted by atomic mass is 10.0. The Bertz CT molecular complexity index is 948. The molecule has 7 heteroatoms. The zero-order valence-electron chi connectivity index (χ0n) is 17.2. The highest BCUT2D eigenvalue weighted by Crippen LogP contribution is 2.24. The Morgan fingerprint density at radius 2 is 1.57 bits per heavy atom. The quantitative estimate of drug-likeness (QED) is 0.562. The van der Waals surface area contributed by atoms with E-state index in [2.05, 4.69) is 5.32 Å². The summed E-state index contributed by atoms with van der Waals surface area (Å²) in [6.07, 6.45) is 0.675. The minimum atomic E-state index is -1.13. The smallest absolute Gasteiger partial charge is 0.329 e. The third-order valence-electron chi connectivity index (χ3n) is 5.12. The first-order valence-corrected chi connectivity index (χ1v) is 9.83. The van der Waals surface area contributed by atoms with E-state index in [0.29, 0.717) is 6.42 Å². The van der Waals surface area contributed by atoms with Crippen molar-refractivity contribution in [3.05, 3.63) is 70.8 Å². The topological polar surface area (TPSA) is 92.8 Å². The number of imide groups is 1. The number of ether oxygens (including phenoxy) is 1. The van der Waals surface area contributed by atoms with Crippen molar-refractivity contribution in [2.24, 2.45) is 0 Å². The van der Waals surface area contributed by atoms with E-state index in [-0.39, 0.29) is 17.2 Å². The molecule has 0 unspecified atom stereocenters. The van der Waals surface area contributed by atoms with Gasteiger partial charge in [0.05, 0.1) is 17.2 Å². The standard InChI is InChI=1S/C23H24N2O5/c1-4-19(16-11-9-14(2)10-12-16)24-20(26)13-30-23(29)15(3)25-21(27)17-7-5-6-8-18(17)22(25)28/h5-12,15,19H,4,13H2,1-3H3,(H,24,26)/t15-,19+/m0/s1. The lowest BCUT2D eigenvalue weighted by Crippen LogP contribution is -2.44. The summed E-state index contributed by atoms with van der Waals surface area (Å²) in [6, 6.07) is 12.9. The average Bonchev–Trinajstić information content (AvgIpc) is 3.01.